The monoisotopic (exact) mass is 452 g/mol. The van der Waals surface area contributed by atoms with E-state index in [1.165, 1.54) is 89.9 Å². The molecule has 1 heterocycles. The molecule has 0 radical (unpaired) electrons. The van der Waals surface area contributed by atoms with Gasteiger partial charge in [0.05, 0.1) is 17.5 Å². The molecule has 0 aliphatic carbocycles. The Morgan fingerprint density at radius 3 is 1.79 bits per heavy atom. The molecule has 0 bridgehead atoms. The maximum Gasteiger partial charge on any atom is 0.119 e. The Morgan fingerprint density at radius 1 is 0.636 bits per heavy atom. The quantitative estimate of drug-likeness (QED) is 0.199. The van der Waals surface area contributed by atoms with Crippen LogP contribution in [0.25, 0.3) is 11.3 Å². The van der Waals surface area contributed by atoms with Crippen molar-refractivity contribution in [3.05, 3.63) is 42.1 Å². The van der Waals surface area contributed by atoms with E-state index in [4.69, 9.17) is 4.74 Å². The molecule has 1 atom stereocenters. The van der Waals surface area contributed by atoms with Gasteiger partial charge < -0.3 is 4.74 Å². The summed E-state index contributed by atoms with van der Waals surface area (Å²) in [4.78, 5) is 0. The number of benzene rings is 1. The Kier molecular flexibility index (Phi) is 14.6. The van der Waals surface area contributed by atoms with Crippen molar-refractivity contribution in [1.29, 1.82) is 0 Å². The Balaban J connectivity index is 1.63. The van der Waals surface area contributed by atoms with Crippen molar-refractivity contribution in [3.63, 3.8) is 0 Å². The fourth-order valence-electron chi connectivity index (χ4n) is 4.29. The lowest BCUT2D eigenvalue weighted by atomic mass is 10.1. The summed E-state index contributed by atoms with van der Waals surface area (Å²) in [5.41, 5.74) is 3.13. The van der Waals surface area contributed by atoms with Crippen molar-refractivity contribution >= 4 is 0 Å². The van der Waals surface area contributed by atoms with Crippen molar-refractivity contribution in [1.82, 2.24) is 10.2 Å². The van der Waals surface area contributed by atoms with Crippen LogP contribution in [-0.4, -0.2) is 16.3 Å². The highest BCUT2D eigenvalue weighted by atomic mass is 16.5. The average molecular weight is 453 g/mol. The first-order valence-electron chi connectivity index (χ1n) is 13.8. The first-order valence-corrected chi connectivity index (χ1v) is 13.8. The molecule has 1 unspecified atom stereocenters. The standard InChI is InChI=1S/C30H48N2O/c1-4-6-8-10-11-12-13-14-15-17-19-28-22-25-30(32-31-28)27-20-23-29(24-21-27)33-26(3)18-16-9-7-5-2/h20-26H,4-19H2,1-3H3. The van der Waals surface area contributed by atoms with Gasteiger partial charge in [0.15, 0.2) is 0 Å². The fourth-order valence-corrected chi connectivity index (χ4v) is 4.29. The third kappa shape index (κ3) is 12.2. The Hall–Kier alpha value is -1.90. The molecule has 2 rings (SSSR count). The molecule has 1 aromatic carbocycles. The Bertz CT molecular complexity index is 711. The predicted octanol–water partition coefficient (Wildman–Crippen LogP) is 9.34. The van der Waals surface area contributed by atoms with Gasteiger partial charge in [-0.25, -0.2) is 0 Å². The van der Waals surface area contributed by atoms with E-state index in [0.29, 0.717) is 0 Å². The van der Waals surface area contributed by atoms with Crippen LogP contribution in [0, 0.1) is 0 Å². The van der Waals surface area contributed by atoms with Crippen molar-refractivity contribution < 1.29 is 4.74 Å². The zero-order valence-electron chi connectivity index (χ0n) is 21.7. The molecule has 0 fully saturated rings. The third-order valence-electron chi connectivity index (χ3n) is 6.46. The van der Waals surface area contributed by atoms with Gasteiger partial charge in [-0.15, -0.1) is 0 Å². The average Bonchev–Trinajstić information content (AvgIpc) is 2.84. The molecule has 33 heavy (non-hydrogen) atoms. The zero-order chi connectivity index (χ0) is 23.6. The topological polar surface area (TPSA) is 35.0 Å². The second-order valence-electron chi connectivity index (χ2n) is 9.64. The number of hydrogen-bond donors (Lipinski definition) is 0. The number of ether oxygens (including phenoxy) is 1. The maximum atomic E-state index is 6.07. The lowest BCUT2D eigenvalue weighted by molar-refractivity contribution is 0.206. The number of hydrogen-bond acceptors (Lipinski definition) is 3. The normalized spacial score (nSPS) is 12.1. The SMILES string of the molecule is CCCCCCCCCCCCc1ccc(-c2ccc(OC(C)CCCCCC)cc2)nn1. The summed E-state index contributed by atoms with van der Waals surface area (Å²) in [6, 6.07) is 12.5. The van der Waals surface area contributed by atoms with Crippen LogP contribution in [0.5, 0.6) is 5.75 Å². The minimum atomic E-state index is 0.262. The lowest BCUT2D eigenvalue weighted by Crippen LogP contribution is -2.11. The molecular formula is C30H48N2O. The van der Waals surface area contributed by atoms with Gasteiger partial charge in [-0.05, 0) is 69.0 Å². The fraction of sp³-hybridized carbons (Fsp3) is 0.667. The summed E-state index contributed by atoms with van der Waals surface area (Å²) < 4.78 is 6.07. The highest BCUT2D eigenvalue weighted by Gasteiger charge is 2.06. The van der Waals surface area contributed by atoms with E-state index in [2.05, 4.69) is 67.4 Å². The summed E-state index contributed by atoms with van der Waals surface area (Å²) >= 11 is 0. The van der Waals surface area contributed by atoms with Gasteiger partial charge in [0.2, 0.25) is 0 Å². The number of aromatic nitrogens is 2. The van der Waals surface area contributed by atoms with Crippen LogP contribution in [0.3, 0.4) is 0 Å². The molecule has 0 aliphatic rings. The minimum Gasteiger partial charge on any atom is -0.491 e. The molecular weight excluding hydrogens is 404 g/mol. The molecule has 0 aliphatic heterocycles. The molecule has 3 heteroatoms. The van der Waals surface area contributed by atoms with Gasteiger partial charge in [-0.2, -0.15) is 10.2 Å². The van der Waals surface area contributed by atoms with Gasteiger partial charge >= 0.3 is 0 Å². The van der Waals surface area contributed by atoms with Crippen molar-refractivity contribution in [2.24, 2.45) is 0 Å². The van der Waals surface area contributed by atoms with Crippen LogP contribution < -0.4 is 4.74 Å². The van der Waals surface area contributed by atoms with Crippen molar-refractivity contribution in [2.45, 2.75) is 130 Å². The zero-order valence-corrected chi connectivity index (χ0v) is 21.7. The van der Waals surface area contributed by atoms with E-state index in [0.717, 1.165) is 35.5 Å². The molecule has 2 aromatic rings. The van der Waals surface area contributed by atoms with E-state index < -0.39 is 0 Å². The van der Waals surface area contributed by atoms with Crippen LogP contribution in [0.1, 0.15) is 123 Å². The van der Waals surface area contributed by atoms with Gasteiger partial charge in [0.1, 0.15) is 5.75 Å². The van der Waals surface area contributed by atoms with Crippen LogP contribution in [0.4, 0.5) is 0 Å². The number of aryl methyl sites for hydroxylation is 1. The van der Waals surface area contributed by atoms with Crippen molar-refractivity contribution in [3.8, 4) is 17.0 Å². The molecule has 0 saturated carbocycles. The minimum absolute atomic E-state index is 0.262. The summed E-state index contributed by atoms with van der Waals surface area (Å²) in [7, 11) is 0. The molecule has 0 saturated heterocycles. The van der Waals surface area contributed by atoms with Crippen LogP contribution in [0.2, 0.25) is 0 Å². The van der Waals surface area contributed by atoms with Crippen LogP contribution >= 0.6 is 0 Å². The number of unbranched alkanes of at least 4 members (excludes halogenated alkanes) is 12. The molecule has 184 valence electrons. The number of rotatable bonds is 19. The van der Waals surface area contributed by atoms with Crippen molar-refractivity contribution in [2.75, 3.05) is 0 Å². The van der Waals surface area contributed by atoms with E-state index in [1.54, 1.807) is 0 Å². The van der Waals surface area contributed by atoms with Crippen LogP contribution in [-0.2, 0) is 6.42 Å². The Morgan fingerprint density at radius 2 is 1.21 bits per heavy atom. The molecule has 1 aromatic heterocycles. The van der Waals surface area contributed by atoms with E-state index in [-0.39, 0.29) is 6.10 Å². The van der Waals surface area contributed by atoms with Gasteiger partial charge in [0.25, 0.3) is 0 Å². The van der Waals surface area contributed by atoms with Gasteiger partial charge in [-0.3, -0.25) is 0 Å². The Labute approximate surface area is 203 Å². The van der Waals surface area contributed by atoms with E-state index in [1.807, 2.05) is 0 Å². The summed E-state index contributed by atoms with van der Waals surface area (Å²) in [6.45, 7) is 6.69. The smallest absolute Gasteiger partial charge is 0.119 e. The second kappa shape index (κ2) is 17.6. The first-order chi connectivity index (χ1) is 16.2. The molecule has 0 N–H and O–H groups in total. The predicted molar refractivity (Wildman–Crippen MR) is 142 cm³/mol. The summed E-state index contributed by atoms with van der Waals surface area (Å²) in [5.74, 6) is 0.937. The highest BCUT2D eigenvalue weighted by molar-refractivity contribution is 5.59. The maximum absolute atomic E-state index is 6.07. The first kappa shape index (κ1) is 27.3. The van der Waals surface area contributed by atoms with Gasteiger partial charge in [-0.1, -0.05) is 90.9 Å². The highest BCUT2D eigenvalue weighted by Crippen LogP contribution is 2.22. The van der Waals surface area contributed by atoms with Gasteiger partial charge in [0, 0.05) is 5.56 Å². The molecule has 0 amide bonds. The van der Waals surface area contributed by atoms with E-state index >= 15 is 0 Å². The second-order valence-corrected chi connectivity index (χ2v) is 9.64. The molecule has 0 spiro atoms. The molecule has 3 nitrogen and oxygen atoms in total. The third-order valence-corrected chi connectivity index (χ3v) is 6.46. The lowest BCUT2D eigenvalue weighted by Gasteiger charge is -2.15. The van der Waals surface area contributed by atoms with E-state index in [9.17, 15) is 0 Å². The van der Waals surface area contributed by atoms with Crippen LogP contribution in [0.15, 0.2) is 36.4 Å². The summed E-state index contributed by atoms with van der Waals surface area (Å²) in [6.07, 6.45) is 21.2. The largest absolute Gasteiger partial charge is 0.491 e. The summed E-state index contributed by atoms with van der Waals surface area (Å²) in [5, 5.41) is 8.94. The number of nitrogens with zero attached hydrogens (tertiary/aromatic N) is 2.